The van der Waals surface area contributed by atoms with E-state index in [2.05, 4.69) is 37.9 Å². The number of unbranched alkanes of at least 4 members (excludes halogenated alkanes) is 9. The first-order chi connectivity index (χ1) is 15.9. The number of nitrogens with one attached hydrogen (secondary N) is 1. The van der Waals surface area contributed by atoms with Crippen molar-refractivity contribution >= 4 is 11.8 Å². The van der Waals surface area contributed by atoms with Gasteiger partial charge in [0.05, 0.1) is 6.61 Å². The highest BCUT2D eigenvalue weighted by molar-refractivity contribution is 5.84. The highest BCUT2D eigenvalue weighted by Gasteiger charge is 2.34. The Kier molecular flexibility index (Phi) is 20.7. The minimum atomic E-state index is -0.101. The molecule has 0 aliphatic carbocycles. The lowest BCUT2D eigenvalue weighted by molar-refractivity contribution is -0.139. The van der Waals surface area contributed by atoms with Crippen molar-refractivity contribution in [2.75, 3.05) is 26.3 Å². The summed E-state index contributed by atoms with van der Waals surface area (Å²) in [6.07, 6.45) is 17.2. The van der Waals surface area contributed by atoms with E-state index in [0.29, 0.717) is 26.2 Å². The van der Waals surface area contributed by atoms with Crippen LogP contribution < -0.4 is 5.32 Å². The van der Waals surface area contributed by atoms with Crippen LogP contribution in [-0.2, 0) is 14.3 Å². The first-order valence-electron chi connectivity index (χ1n) is 14.1. The average molecular weight is 469 g/mol. The molecular formula is C28H56N2O3. The molecule has 0 saturated heterocycles. The topological polar surface area (TPSA) is 58.6 Å². The minimum Gasteiger partial charge on any atom is -0.380 e. The van der Waals surface area contributed by atoms with Gasteiger partial charge in [-0.2, -0.15) is 0 Å². The molecule has 0 aromatic heterocycles. The number of hydrogen-bond donors (Lipinski definition) is 1. The third-order valence-electron chi connectivity index (χ3n) is 6.66. The predicted octanol–water partition coefficient (Wildman–Crippen LogP) is 7.03. The summed E-state index contributed by atoms with van der Waals surface area (Å²) in [4.78, 5) is 27.8. The Balaban J connectivity index is 5.08. The van der Waals surface area contributed by atoms with Crippen LogP contribution in [0.3, 0.4) is 0 Å². The van der Waals surface area contributed by atoms with Crippen LogP contribution in [0.15, 0.2) is 0 Å². The van der Waals surface area contributed by atoms with Crippen LogP contribution in [0.1, 0.15) is 137 Å². The number of carbonyl (C=O) groups is 2. The molecule has 196 valence electrons. The average Bonchev–Trinajstić information content (AvgIpc) is 2.80. The molecule has 0 bridgehead atoms. The summed E-state index contributed by atoms with van der Waals surface area (Å²) in [6, 6.07) is 0. The molecule has 5 heteroatoms. The van der Waals surface area contributed by atoms with Gasteiger partial charge >= 0.3 is 0 Å². The Morgan fingerprint density at radius 2 is 1.30 bits per heavy atom. The molecule has 0 heterocycles. The number of carbonyl (C=O) groups excluding carboxylic acids is 2. The van der Waals surface area contributed by atoms with Crippen molar-refractivity contribution in [1.29, 1.82) is 0 Å². The molecule has 0 aliphatic heterocycles. The van der Waals surface area contributed by atoms with Crippen molar-refractivity contribution in [3.8, 4) is 0 Å². The molecule has 0 aromatic carbocycles. The lowest BCUT2D eigenvalue weighted by Crippen LogP contribution is -2.50. The maximum atomic E-state index is 13.4. The number of hydrogen-bond acceptors (Lipinski definition) is 3. The SMILES string of the molecule is CCCCCCCCN(C(=O)CCC(=O)NCCOCC)C(C)(CCCCC)CCCCC. The predicted molar refractivity (Wildman–Crippen MR) is 141 cm³/mol. The highest BCUT2D eigenvalue weighted by Crippen LogP contribution is 2.30. The second-order valence-electron chi connectivity index (χ2n) is 9.77. The largest absolute Gasteiger partial charge is 0.380 e. The molecule has 5 nitrogen and oxygen atoms in total. The Labute approximate surface area is 205 Å². The molecule has 0 radical (unpaired) electrons. The zero-order valence-electron chi connectivity index (χ0n) is 22.8. The fraction of sp³-hybridized carbons (Fsp3) is 0.929. The van der Waals surface area contributed by atoms with Gasteiger partial charge in [0.2, 0.25) is 11.8 Å². The van der Waals surface area contributed by atoms with Crippen molar-refractivity contribution in [3.05, 3.63) is 0 Å². The quantitative estimate of drug-likeness (QED) is 0.164. The van der Waals surface area contributed by atoms with Crippen LogP contribution in [-0.4, -0.2) is 48.6 Å². The van der Waals surface area contributed by atoms with E-state index >= 15 is 0 Å². The second kappa shape index (κ2) is 21.4. The number of amides is 2. The summed E-state index contributed by atoms with van der Waals surface area (Å²) in [5.41, 5.74) is -0.101. The lowest BCUT2D eigenvalue weighted by Gasteiger charge is -2.42. The molecule has 0 spiro atoms. The van der Waals surface area contributed by atoms with Crippen molar-refractivity contribution in [1.82, 2.24) is 10.2 Å². The highest BCUT2D eigenvalue weighted by atomic mass is 16.5. The summed E-state index contributed by atoms with van der Waals surface area (Å²) < 4.78 is 5.28. The van der Waals surface area contributed by atoms with E-state index in [4.69, 9.17) is 4.74 Å². The zero-order valence-corrected chi connectivity index (χ0v) is 22.8. The van der Waals surface area contributed by atoms with E-state index in [0.717, 1.165) is 38.6 Å². The van der Waals surface area contributed by atoms with Gasteiger partial charge in [-0.25, -0.2) is 0 Å². The summed E-state index contributed by atoms with van der Waals surface area (Å²) in [5.74, 6) is 0.0975. The van der Waals surface area contributed by atoms with Crippen molar-refractivity contribution in [2.45, 2.75) is 143 Å². The second-order valence-corrected chi connectivity index (χ2v) is 9.77. The minimum absolute atomic E-state index is 0.0544. The van der Waals surface area contributed by atoms with Gasteiger partial charge in [-0.1, -0.05) is 91.4 Å². The van der Waals surface area contributed by atoms with Gasteiger partial charge < -0.3 is 15.0 Å². The van der Waals surface area contributed by atoms with E-state index in [-0.39, 0.29) is 23.8 Å². The molecule has 1 N–H and O–H groups in total. The van der Waals surface area contributed by atoms with Crippen LogP contribution in [0.2, 0.25) is 0 Å². The molecule has 0 atom stereocenters. The van der Waals surface area contributed by atoms with Gasteiger partial charge in [-0.15, -0.1) is 0 Å². The van der Waals surface area contributed by atoms with Gasteiger partial charge in [0.1, 0.15) is 0 Å². The zero-order chi connectivity index (χ0) is 24.8. The van der Waals surface area contributed by atoms with Gasteiger partial charge in [-0.05, 0) is 33.1 Å². The molecule has 0 aliphatic rings. The van der Waals surface area contributed by atoms with Crippen molar-refractivity contribution in [3.63, 3.8) is 0 Å². The molecule has 33 heavy (non-hydrogen) atoms. The smallest absolute Gasteiger partial charge is 0.223 e. The fourth-order valence-corrected chi connectivity index (χ4v) is 4.50. The van der Waals surface area contributed by atoms with Gasteiger partial charge in [-0.3, -0.25) is 9.59 Å². The molecule has 0 unspecified atom stereocenters. The molecular weight excluding hydrogens is 412 g/mol. The number of rotatable bonds is 23. The van der Waals surface area contributed by atoms with E-state index in [1.54, 1.807) is 0 Å². The lowest BCUT2D eigenvalue weighted by atomic mass is 9.85. The summed E-state index contributed by atoms with van der Waals surface area (Å²) in [5, 5.41) is 2.87. The summed E-state index contributed by atoms with van der Waals surface area (Å²) in [7, 11) is 0. The first-order valence-corrected chi connectivity index (χ1v) is 14.1. The third-order valence-corrected chi connectivity index (χ3v) is 6.66. The van der Waals surface area contributed by atoms with Crippen molar-refractivity contribution < 1.29 is 14.3 Å². The van der Waals surface area contributed by atoms with E-state index < -0.39 is 0 Å². The Morgan fingerprint density at radius 1 is 0.758 bits per heavy atom. The van der Waals surface area contributed by atoms with Gasteiger partial charge in [0.15, 0.2) is 0 Å². The molecule has 0 rings (SSSR count). The molecule has 0 aromatic rings. The molecule has 0 saturated carbocycles. The molecule has 2 amide bonds. The monoisotopic (exact) mass is 468 g/mol. The van der Waals surface area contributed by atoms with E-state index in [9.17, 15) is 9.59 Å². The van der Waals surface area contributed by atoms with Crippen LogP contribution in [0.25, 0.3) is 0 Å². The Morgan fingerprint density at radius 3 is 1.88 bits per heavy atom. The fourth-order valence-electron chi connectivity index (χ4n) is 4.50. The van der Waals surface area contributed by atoms with Gasteiger partial charge in [0, 0.05) is 38.1 Å². The van der Waals surface area contributed by atoms with Crippen LogP contribution >= 0.6 is 0 Å². The standard InChI is InChI=1S/C28H56N2O3/c1-6-10-13-14-15-18-24-30(27(32)20-19-26(31)29-23-25-33-9-4)28(5,21-16-11-7-2)22-17-12-8-3/h6-25H2,1-5H3,(H,29,31). The van der Waals surface area contributed by atoms with Crippen molar-refractivity contribution in [2.24, 2.45) is 0 Å². The van der Waals surface area contributed by atoms with Crippen LogP contribution in [0, 0.1) is 0 Å². The maximum Gasteiger partial charge on any atom is 0.223 e. The molecule has 0 fully saturated rings. The van der Waals surface area contributed by atoms with E-state index in [1.807, 2.05) is 6.92 Å². The third kappa shape index (κ3) is 16.2. The van der Waals surface area contributed by atoms with Gasteiger partial charge in [0.25, 0.3) is 0 Å². The summed E-state index contributed by atoms with van der Waals surface area (Å²) in [6.45, 7) is 13.5. The Bertz CT molecular complexity index is 472. The van der Waals surface area contributed by atoms with E-state index in [1.165, 1.54) is 57.8 Å². The maximum absolute atomic E-state index is 13.4. The van der Waals surface area contributed by atoms with Crippen LogP contribution in [0.4, 0.5) is 0 Å². The number of nitrogens with zero attached hydrogens (tertiary/aromatic N) is 1. The first kappa shape index (κ1) is 31.9. The Hall–Kier alpha value is -1.10. The summed E-state index contributed by atoms with van der Waals surface area (Å²) >= 11 is 0. The normalized spacial score (nSPS) is 11.5. The number of ether oxygens (including phenoxy) is 1. The van der Waals surface area contributed by atoms with Crippen LogP contribution in [0.5, 0.6) is 0 Å².